The smallest absolute Gasteiger partial charge is 0.387 e. The van der Waals surface area contributed by atoms with Crippen LogP contribution >= 0.6 is 0 Å². The number of aliphatic hydroxyl groups is 1. The first kappa shape index (κ1) is 20.0. The molecule has 0 radical (unpaired) electrons. The van der Waals surface area contributed by atoms with Gasteiger partial charge in [0.05, 0.1) is 11.5 Å². The van der Waals surface area contributed by atoms with Crippen molar-refractivity contribution in [1.82, 2.24) is 5.32 Å². The second kappa shape index (κ2) is 7.66. The molecule has 0 spiro atoms. The van der Waals surface area contributed by atoms with Crippen molar-refractivity contribution in [3.63, 3.8) is 0 Å². The van der Waals surface area contributed by atoms with Crippen molar-refractivity contribution in [2.75, 3.05) is 18.0 Å². The van der Waals surface area contributed by atoms with Crippen LogP contribution in [0.5, 0.6) is 5.75 Å². The number of alkyl halides is 2. The number of aliphatic hydroxyl groups excluding tert-OH is 1. The first-order valence-electron chi connectivity index (χ1n) is 11.2. The average molecular weight is 421 g/mol. The minimum atomic E-state index is -2.84. The zero-order valence-electron chi connectivity index (χ0n) is 17.1. The average Bonchev–Trinajstić information content (AvgIpc) is 2.71. The number of hydrogen-bond donors (Lipinski definition) is 2. The van der Waals surface area contributed by atoms with Gasteiger partial charge in [0.15, 0.2) is 0 Å². The second-order valence-corrected chi connectivity index (χ2v) is 9.88. The molecule has 7 heteroatoms. The van der Waals surface area contributed by atoms with Crippen LogP contribution in [-0.2, 0) is 4.79 Å². The Bertz CT molecular complexity index is 788. The van der Waals surface area contributed by atoms with Gasteiger partial charge in [-0.3, -0.25) is 4.79 Å². The van der Waals surface area contributed by atoms with Crippen molar-refractivity contribution in [3.8, 4) is 5.75 Å². The van der Waals surface area contributed by atoms with E-state index in [1.807, 2.05) is 6.07 Å². The van der Waals surface area contributed by atoms with E-state index >= 15 is 0 Å². The van der Waals surface area contributed by atoms with Gasteiger partial charge in [-0.2, -0.15) is 8.78 Å². The van der Waals surface area contributed by atoms with E-state index < -0.39 is 6.61 Å². The quantitative estimate of drug-likeness (QED) is 0.765. The molecule has 1 amide bonds. The number of ether oxygens (including phenoxy) is 1. The molecule has 4 bridgehead atoms. The van der Waals surface area contributed by atoms with E-state index in [9.17, 15) is 18.7 Å². The molecule has 3 unspecified atom stereocenters. The zero-order chi connectivity index (χ0) is 20.9. The number of piperidine rings is 1. The summed E-state index contributed by atoms with van der Waals surface area (Å²) in [6.07, 6.45) is 6.36. The Kier molecular flexibility index (Phi) is 5.12. The number of anilines is 1. The fraction of sp³-hybridized carbons (Fsp3) is 0.696. The first-order chi connectivity index (χ1) is 14.4. The summed E-state index contributed by atoms with van der Waals surface area (Å²) in [6, 6.07) is 6.82. The number of benzene rings is 1. The summed E-state index contributed by atoms with van der Waals surface area (Å²) in [5.74, 6) is 1.46. The van der Waals surface area contributed by atoms with Crippen molar-refractivity contribution in [2.45, 2.75) is 63.7 Å². The van der Waals surface area contributed by atoms with Gasteiger partial charge in [0.2, 0.25) is 5.91 Å². The van der Waals surface area contributed by atoms with Gasteiger partial charge >= 0.3 is 6.61 Å². The molecule has 3 atom stereocenters. The lowest BCUT2D eigenvalue weighted by molar-refractivity contribution is -0.163. The molecule has 0 aromatic heterocycles. The topological polar surface area (TPSA) is 61.8 Å². The van der Waals surface area contributed by atoms with Crippen LogP contribution in [0.15, 0.2) is 24.3 Å². The lowest BCUT2D eigenvalue weighted by atomic mass is 9.48. The van der Waals surface area contributed by atoms with E-state index in [0.717, 1.165) is 57.2 Å². The predicted molar refractivity (Wildman–Crippen MR) is 108 cm³/mol. The summed E-state index contributed by atoms with van der Waals surface area (Å²) >= 11 is 0. The highest BCUT2D eigenvalue weighted by molar-refractivity contribution is 5.83. The Hall–Kier alpha value is -1.89. The van der Waals surface area contributed by atoms with E-state index in [0.29, 0.717) is 12.5 Å². The minimum Gasteiger partial charge on any atom is -0.435 e. The Morgan fingerprint density at radius 2 is 2.00 bits per heavy atom. The summed E-state index contributed by atoms with van der Waals surface area (Å²) in [5, 5.41) is 13.8. The lowest BCUT2D eigenvalue weighted by Gasteiger charge is -2.58. The number of carbonyl (C=O) groups is 1. The number of rotatable bonds is 5. The molecule has 1 aromatic carbocycles. The van der Waals surface area contributed by atoms with Crippen molar-refractivity contribution < 1.29 is 23.4 Å². The Morgan fingerprint density at radius 1 is 1.23 bits per heavy atom. The molecule has 6 rings (SSSR count). The number of nitrogens with one attached hydrogen (secondary N) is 1. The molecular weight excluding hydrogens is 390 g/mol. The second-order valence-electron chi connectivity index (χ2n) is 9.88. The fourth-order valence-electron chi connectivity index (χ4n) is 6.80. The molecule has 1 heterocycles. The van der Waals surface area contributed by atoms with Crippen LogP contribution in [-0.4, -0.2) is 42.9 Å². The lowest BCUT2D eigenvalue weighted by Crippen LogP contribution is -2.60. The van der Waals surface area contributed by atoms with Crippen molar-refractivity contribution in [3.05, 3.63) is 24.3 Å². The van der Waals surface area contributed by atoms with E-state index in [-0.39, 0.29) is 41.1 Å². The first-order valence-corrected chi connectivity index (χ1v) is 11.2. The highest BCUT2D eigenvalue weighted by Gasteiger charge is 2.58. The Morgan fingerprint density at radius 3 is 2.73 bits per heavy atom. The van der Waals surface area contributed by atoms with Gasteiger partial charge < -0.3 is 20.1 Å². The molecule has 5 aliphatic rings. The van der Waals surface area contributed by atoms with Gasteiger partial charge in [-0.25, -0.2) is 0 Å². The van der Waals surface area contributed by atoms with Crippen LogP contribution < -0.4 is 15.0 Å². The van der Waals surface area contributed by atoms with Crippen molar-refractivity contribution >= 4 is 11.6 Å². The Labute approximate surface area is 175 Å². The van der Waals surface area contributed by atoms with Crippen LogP contribution in [0.3, 0.4) is 0 Å². The van der Waals surface area contributed by atoms with Crippen LogP contribution in [0, 0.1) is 23.2 Å². The van der Waals surface area contributed by atoms with Gasteiger partial charge in [0.1, 0.15) is 5.75 Å². The van der Waals surface area contributed by atoms with E-state index in [1.54, 1.807) is 12.1 Å². The van der Waals surface area contributed by atoms with Gasteiger partial charge in [-0.15, -0.1) is 0 Å². The summed E-state index contributed by atoms with van der Waals surface area (Å²) in [5.41, 5.74) is 0.535. The largest absolute Gasteiger partial charge is 0.435 e. The Balaban J connectivity index is 1.25. The maximum absolute atomic E-state index is 13.4. The molecule has 5 fully saturated rings. The third-order valence-electron chi connectivity index (χ3n) is 7.87. The number of carbonyl (C=O) groups excluding carboxylic acids is 1. The monoisotopic (exact) mass is 420 g/mol. The van der Waals surface area contributed by atoms with Crippen molar-refractivity contribution in [2.24, 2.45) is 23.2 Å². The zero-order valence-corrected chi connectivity index (χ0v) is 17.1. The van der Waals surface area contributed by atoms with Gasteiger partial charge in [-0.05, 0) is 74.8 Å². The van der Waals surface area contributed by atoms with Crippen LogP contribution in [0.4, 0.5) is 14.5 Å². The number of amides is 1. The number of nitrogens with zero attached hydrogens (tertiary/aromatic N) is 1. The number of hydrogen-bond acceptors (Lipinski definition) is 4. The summed E-state index contributed by atoms with van der Waals surface area (Å²) < 4.78 is 29.6. The molecule has 2 N–H and O–H groups in total. The van der Waals surface area contributed by atoms with Gasteiger partial charge in [0.25, 0.3) is 0 Å². The summed E-state index contributed by atoms with van der Waals surface area (Å²) in [7, 11) is 0. The van der Waals surface area contributed by atoms with Crippen LogP contribution in [0.1, 0.15) is 44.9 Å². The highest BCUT2D eigenvalue weighted by Crippen LogP contribution is 2.60. The van der Waals surface area contributed by atoms with Gasteiger partial charge in [0, 0.05) is 30.9 Å². The third-order valence-corrected chi connectivity index (χ3v) is 7.87. The molecule has 164 valence electrons. The molecule has 1 aromatic rings. The summed E-state index contributed by atoms with van der Waals surface area (Å²) in [6.45, 7) is -1.35. The van der Waals surface area contributed by atoms with E-state index in [2.05, 4.69) is 15.0 Å². The van der Waals surface area contributed by atoms with E-state index in [1.165, 1.54) is 6.07 Å². The predicted octanol–water partition coefficient (Wildman–Crippen LogP) is 3.56. The SMILES string of the molecule is O=C(NC1CCCN(c2cccc(OC(F)F)c2)C1)C12CC3CC(C1)C(O)C(C3)C2. The van der Waals surface area contributed by atoms with Crippen molar-refractivity contribution in [1.29, 1.82) is 0 Å². The normalized spacial score (nSPS) is 37.5. The molecular formula is C23H30F2N2O3. The van der Waals surface area contributed by atoms with Crippen LogP contribution in [0.2, 0.25) is 0 Å². The molecule has 30 heavy (non-hydrogen) atoms. The molecule has 1 saturated heterocycles. The molecule has 4 saturated carbocycles. The fourth-order valence-corrected chi connectivity index (χ4v) is 6.80. The third kappa shape index (κ3) is 3.66. The molecule has 1 aliphatic heterocycles. The minimum absolute atomic E-state index is 0.0452. The van der Waals surface area contributed by atoms with Gasteiger partial charge in [-0.1, -0.05) is 6.07 Å². The maximum Gasteiger partial charge on any atom is 0.387 e. The standard InChI is InChI=1S/C23H30F2N2O3/c24-22(25)30-19-5-1-4-18(9-19)27-6-2-3-17(13-27)26-21(29)23-10-14-7-15(11-23)20(28)16(8-14)12-23/h1,4-5,9,14-17,20,22,28H,2-3,6-8,10-13H2,(H,26,29). The number of halogens is 2. The van der Waals surface area contributed by atoms with E-state index in [4.69, 9.17) is 0 Å². The summed E-state index contributed by atoms with van der Waals surface area (Å²) in [4.78, 5) is 15.5. The maximum atomic E-state index is 13.4. The highest BCUT2D eigenvalue weighted by atomic mass is 19.3. The molecule has 5 nitrogen and oxygen atoms in total. The molecule has 4 aliphatic carbocycles. The van der Waals surface area contributed by atoms with Crippen LogP contribution in [0.25, 0.3) is 0 Å².